The normalized spacial score (nSPS) is 11.1. The molecule has 0 aliphatic rings. The first-order valence-electron chi connectivity index (χ1n) is 10.6. The minimum atomic E-state index is -0.139. The van der Waals surface area contributed by atoms with E-state index in [4.69, 9.17) is 0 Å². The van der Waals surface area contributed by atoms with Gasteiger partial charge in [-0.25, -0.2) is 0 Å². The molecule has 0 aromatic carbocycles. The Kier molecular flexibility index (Phi) is 18.3. The molecule has 0 unspecified atom stereocenters. The molecule has 0 atom stereocenters. The predicted octanol–water partition coefficient (Wildman–Crippen LogP) is 6.12. The number of rotatable bonds is 18. The molecule has 25 heavy (non-hydrogen) atoms. The number of Topliss-reactive ketones (excluding diaryl/α,β-unsaturated/α-hetero) is 1. The lowest BCUT2D eigenvalue weighted by atomic mass is 10.1. The molecular weight excluding hydrogens is 310 g/mol. The minimum absolute atomic E-state index is 0.0202. The first-order chi connectivity index (χ1) is 12.2. The molecule has 0 radical (unpaired) electrons. The second-order valence-electron chi connectivity index (χ2n) is 7.17. The summed E-state index contributed by atoms with van der Waals surface area (Å²) in [5.41, 5.74) is 0. The molecule has 0 fully saturated rings. The van der Waals surface area contributed by atoms with Crippen LogP contribution in [0.4, 0.5) is 0 Å². The van der Waals surface area contributed by atoms with Gasteiger partial charge in [0.15, 0.2) is 0 Å². The van der Waals surface area contributed by atoms with Gasteiger partial charge < -0.3 is 5.32 Å². The lowest BCUT2D eigenvalue weighted by Gasteiger charge is -2.04. The maximum atomic E-state index is 11.3. The first kappa shape index (κ1) is 23.9. The fourth-order valence-corrected chi connectivity index (χ4v) is 2.89. The van der Waals surface area contributed by atoms with Crippen molar-refractivity contribution in [1.82, 2.24) is 5.32 Å². The SMILES string of the molecule is CCCCCCCC/C=C\CCCCCCCCNC(=O)CC(C)=O. The van der Waals surface area contributed by atoms with Crippen molar-refractivity contribution in [3.8, 4) is 0 Å². The van der Waals surface area contributed by atoms with Crippen molar-refractivity contribution in [2.75, 3.05) is 6.54 Å². The van der Waals surface area contributed by atoms with Crippen LogP contribution < -0.4 is 5.32 Å². The molecule has 0 saturated carbocycles. The van der Waals surface area contributed by atoms with E-state index in [1.54, 1.807) is 0 Å². The predicted molar refractivity (Wildman–Crippen MR) is 108 cm³/mol. The molecule has 1 N–H and O–H groups in total. The molecule has 0 aliphatic carbocycles. The second-order valence-corrected chi connectivity index (χ2v) is 7.17. The van der Waals surface area contributed by atoms with Gasteiger partial charge in [-0.05, 0) is 39.0 Å². The number of amides is 1. The van der Waals surface area contributed by atoms with Crippen molar-refractivity contribution < 1.29 is 9.59 Å². The molecule has 3 heteroatoms. The van der Waals surface area contributed by atoms with Gasteiger partial charge in [-0.1, -0.05) is 76.9 Å². The highest BCUT2D eigenvalue weighted by Gasteiger charge is 2.03. The Hall–Kier alpha value is -1.12. The van der Waals surface area contributed by atoms with Crippen LogP contribution in [0.15, 0.2) is 12.2 Å². The highest BCUT2D eigenvalue weighted by Crippen LogP contribution is 2.09. The number of hydrogen-bond donors (Lipinski definition) is 1. The molecular formula is C22H41NO2. The summed E-state index contributed by atoms with van der Waals surface area (Å²) in [5, 5.41) is 2.79. The van der Waals surface area contributed by atoms with Gasteiger partial charge in [0.1, 0.15) is 5.78 Å². The molecule has 0 aliphatic heterocycles. The first-order valence-corrected chi connectivity index (χ1v) is 10.6. The highest BCUT2D eigenvalue weighted by molar-refractivity contribution is 5.96. The van der Waals surface area contributed by atoms with E-state index in [2.05, 4.69) is 24.4 Å². The van der Waals surface area contributed by atoms with Crippen LogP contribution in [-0.4, -0.2) is 18.2 Å². The summed E-state index contributed by atoms with van der Waals surface area (Å²) in [5.74, 6) is -0.209. The van der Waals surface area contributed by atoms with Crippen molar-refractivity contribution >= 4 is 11.7 Å². The van der Waals surface area contributed by atoms with E-state index in [-0.39, 0.29) is 18.1 Å². The van der Waals surface area contributed by atoms with Crippen LogP contribution in [-0.2, 0) is 9.59 Å². The third-order valence-electron chi connectivity index (χ3n) is 4.42. The van der Waals surface area contributed by atoms with Crippen LogP contribution in [0.2, 0.25) is 0 Å². The van der Waals surface area contributed by atoms with Crippen molar-refractivity contribution in [1.29, 1.82) is 0 Å². The molecule has 0 saturated heterocycles. The summed E-state index contributed by atoms with van der Waals surface area (Å²) in [6, 6.07) is 0. The Morgan fingerprint density at radius 1 is 0.720 bits per heavy atom. The topological polar surface area (TPSA) is 46.2 Å². The van der Waals surface area contributed by atoms with Gasteiger partial charge in [0.2, 0.25) is 5.91 Å². The van der Waals surface area contributed by atoms with Gasteiger partial charge in [-0.3, -0.25) is 9.59 Å². The number of ketones is 1. The van der Waals surface area contributed by atoms with Crippen LogP contribution in [0.25, 0.3) is 0 Å². The molecule has 0 bridgehead atoms. The average Bonchev–Trinajstić information content (AvgIpc) is 2.57. The maximum absolute atomic E-state index is 11.3. The van der Waals surface area contributed by atoms with Gasteiger partial charge in [0.05, 0.1) is 6.42 Å². The summed E-state index contributed by atoms with van der Waals surface area (Å²) in [6.07, 6.45) is 22.8. The quantitative estimate of drug-likeness (QED) is 0.184. The van der Waals surface area contributed by atoms with Gasteiger partial charge in [-0.2, -0.15) is 0 Å². The summed E-state index contributed by atoms with van der Waals surface area (Å²) < 4.78 is 0. The van der Waals surface area contributed by atoms with Crippen LogP contribution in [0, 0.1) is 0 Å². The van der Waals surface area contributed by atoms with Crippen LogP contribution in [0.1, 0.15) is 110 Å². The molecule has 146 valence electrons. The Morgan fingerprint density at radius 2 is 1.20 bits per heavy atom. The van der Waals surface area contributed by atoms with E-state index in [9.17, 15) is 9.59 Å². The van der Waals surface area contributed by atoms with Gasteiger partial charge in [0.25, 0.3) is 0 Å². The number of carbonyl (C=O) groups excluding carboxylic acids is 2. The van der Waals surface area contributed by atoms with Gasteiger partial charge in [-0.15, -0.1) is 0 Å². The van der Waals surface area contributed by atoms with Crippen LogP contribution in [0.5, 0.6) is 0 Å². The van der Waals surface area contributed by atoms with Crippen LogP contribution >= 0.6 is 0 Å². The summed E-state index contributed by atoms with van der Waals surface area (Å²) in [6.45, 7) is 4.41. The largest absolute Gasteiger partial charge is 0.356 e. The Balaban J connectivity index is 3.17. The van der Waals surface area contributed by atoms with E-state index >= 15 is 0 Å². The second kappa shape index (κ2) is 19.2. The van der Waals surface area contributed by atoms with Gasteiger partial charge >= 0.3 is 0 Å². The monoisotopic (exact) mass is 351 g/mol. The van der Waals surface area contributed by atoms with E-state index in [0.29, 0.717) is 6.54 Å². The van der Waals surface area contributed by atoms with Crippen molar-refractivity contribution in [2.45, 2.75) is 110 Å². The number of hydrogen-bond acceptors (Lipinski definition) is 2. The van der Waals surface area contributed by atoms with E-state index in [1.807, 2.05) is 0 Å². The highest BCUT2D eigenvalue weighted by atomic mass is 16.2. The molecule has 0 rings (SSSR count). The molecule has 1 amide bonds. The summed E-state index contributed by atoms with van der Waals surface area (Å²) in [4.78, 5) is 22.0. The average molecular weight is 352 g/mol. The van der Waals surface area contributed by atoms with Crippen molar-refractivity contribution in [3.63, 3.8) is 0 Å². The third-order valence-corrected chi connectivity index (χ3v) is 4.42. The Bertz CT molecular complexity index is 350. The Labute approximate surface area is 156 Å². The van der Waals surface area contributed by atoms with E-state index in [0.717, 1.165) is 12.8 Å². The van der Waals surface area contributed by atoms with Gasteiger partial charge in [0, 0.05) is 6.54 Å². The molecule has 0 aromatic rings. The number of allylic oxidation sites excluding steroid dienone is 2. The minimum Gasteiger partial charge on any atom is -0.356 e. The maximum Gasteiger partial charge on any atom is 0.227 e. The molecule has 0 aromatic heterocycles. The van der Waals surface area contributed by atoms with E-state index in [1.165, 1.54) is 84.0 Å². The summed E-state index contributed by atoms with van der Waals surface area (Å²) >= 11 is 0. The zero-order chi connectivity index (χ0) is 18.6. The lowest BCUT2D eigenvalue weighted by Crippen LogP contribution is -2.25. The number of carbonyl (C=O) groups is 2. The molecule has 0 spiro atoms. The third kappa shape index (κ3) is 20.8. The van der Waals surface area contributed by atoms with Crippen molar-refractivity contribution in [3.05, 3.63) is 12.2 Å². The summed E-state index contributed by atoms with van der Waals surface area (Å²) in [7, 11) is 0. The molecule has 0 heterocycles. The van der Waals surface area contributed by atoms with Crippen LogP contribution in [0.3, 0.4) is 0 Å². The zero-order valence-corrected chi connectivity index (χ0v) is 16.8. The van der Waals surface area contributed by atoms with Crippen molar-refractivity contribution in [2.24, 2.45) is 0 Å². The smallest absolute Gasteiger partial charge is 0.227 e. The fraction of sp³-hybridized carbons (Fsp3) is 0.818. The molecule has 3 nitrogen and oxygen atoms in total. The van der Waals surface area contributed by atoms with E-state index < -0.39 is 0 Å². The number of nitrogens with one attached hydrogen (secondary N) is 1. The Morgan fingerprint density at radius 3 is 1.72 bits per heavy atom. The number of unbranched alkanes of at least 4 members (excludes halogenated alkanes) is 12. The standard InChI is InChI=1S/C22H41NO2/c1-3-4-5-6-7-8-9-10-11-12-13-14-15-16-17-18-19-23-22(25)20-21(2)24/h10-11H,3-9,12-20H2,1-2H3,(H,23,25)/b11-10-. The zero-order valence-electron chi connectivity index (χ0n) is 16.8. The fourth-order valence-electron chi connectivity index (χ4n) is 2.89. The lowest BCUT2D eigenvalue weighted by molar-refractivity contribution is -0.127.